The van der Waals surface area contributed by atoms with Crippen LogP contribution in [0.3, 0.4) is 0 Å². The van der Waals surface area contributed by atoms with Gasteiger partial charge < -0.3 is 11.1 Å². The van der Waals surface area contributed by atoms with Crippen LogP contribution in [0.4, 0.5) is 0 Å². The van der Waals surface area contributed by atoms with Gasteiger partial charge in [0.25, 0.3) is 0 Å². The van der Waals surface area contributed by atoms with Crippen LogP contribution in [0.1, 0.15) is 19.8 Å². The first-order chi connectivity index (χ1) is 4.77. The lowest BCUT2D eigenvalue weighted by molar-refractivity contribution is 0.720. The monoisotopic (exact) mass is 269 g/mol. The van der Waals surface area contributed by atoms with Crippen molar-refractivity contribution in [1.29, 1.82) is 0 Å². The Morgan fingerprint density at radius 2 is 2.36 bits per heavy atom. The predicted molar refractivity (Wildman–Crippen MR) is 58.3 cm³/mol. The maximum Gasteiger partial charge on any atom is 0.188 e. The second-order valence-electron chi connectivity index (χ2n) is 2.76. The molecule has 1 rings (SSSR count). The van der Waals surface area contributed by atoms with E-state index in [-0.39, 0.29) is 24.0 Å². The third-order valence-electron chi connectivity index (χ3n) is 2.02. The summed E-state index contributed by atoms with van der Waals surface area (Å²) in [5.74, 6) is 1.40. The Kier molecular flexibility index (Phi) is 4.79. The first-order valence-corrected chi connectivity index (χ1v) is 3.76. The third-order valence-corrected chi connectivity index (χ3v) is 2.02. The molecule has 66 valence electrons. The Morgan fingerprint density at radius 3 is 2.73 bits per heavy atom. The van der Waals surface area contributed by atoms with Crippen LogP contribution in [0.2, 0.25) is 0 Å². The van der Waals surface area contributed by atoms with Crippen molar-refractivity contribution in [3.63, 3.8) is 0 Å². The molecule has 0 radical (unpaired) electrons. The van der Waals surface area contributed by atoms with Gasteiger partial charge in [-0.25, -0.2) is 0 Å². The zero-order valence-electron chi connectivity index (χ0n) is 7.00. The number of nitrogens with two attached hydrogens (primary N) is 1. The highest BCUT2D eigenvalue weighted by atomic mass is 127. The molecule has 3 nitrogen and oxygen atoms in total. The highest BCUT2D eigenvalue weighted by Gasteiger charge is 2.35. The molecule has 0 aromatic heterocycles. The van der Waals surface area contributed by atoms with Crippen molar-refractivity contribution in [1.82, 2.24) is 5.32 Å². The van der Waals surface area contributed by atoms with E-state index >= 15 is 0 Å². The summed E-state index contributed by atoms with van der Waals surface area (Å²) >= 11 is 0. The van der Waals surface area contributed by atoms with Gasteiger partial charge in [-0.1, -0.05) is 13.3 Å². The Bertz CT molecular complexity index is 147. The number of rotatable bonds is 2. The van der Waals surface area contributed by atoms with Gasteiger partial charge in [-0.3, -0.25) is 4.99 Å². The molecule has 1 aliphatic rings. The van der Waals surface area contributed by atoms with Gasteiger partial charge in [-0.15, -0.1) is 24.0 Å². The van der Waals surface area contributed by atoms with E-state index < -0.39 is 0 Å². The van der Waals surface area contributed by atoms with Gasteiger partial charge in [-0.2, -0.15) is 0 Å². The van der Waals surface area contributed by atoms with E-state index in [4.69, 9.17) is 5.73 Å². The van der Waals surface area contributed by atoms with E-state index in [9.17, 15) is 0 Å². The van der Waals surface area contributed by atoms with Gasteiger partial charge >= 0.3 is 0 Å². The summed E-state index contributed by atoms with van der Waals surface area (Å²) in [7, 11) is 1.70. The predicted octanol–water partition coefficient (Wildman–Crippen LogP) is 0.937. The van der Waals surface area contributed by atoms with E-state index in [1.807, 2.05) is 0 Å². The van der Waals surface area contributed by atoms with Crippen molar-refractivity contribution in [2.24, 2.45) is 16.6 Å². The quantitative estimate of drug-likeness (QED) is 0.445. The maximum atomic E-state index is 5.47. The molecule has 0 aliphatic heterocycles. The summed E-state index contributed by atoms with van der Waals surface area (Å²) < 4.78 is 0. The molecule has 0 unspecified atom stereocenters. The summed E-state index contributed by atoms with van der Waals surface area (Å²) in [6.07, 6.45) is 2.50. The Morgan fingerprint density at radius 1 is 1.73 bits per heavy atom. The number of halogens is 1. The van der Waals surface area contributed by atoms with E-state index in [0.29, 0.717) is 12.0 Å². The minimum Gasteiger partial charge on any atom is -0.370 e. The molecule has 0 amide bonds. The van der Waals surface area contributed by atoms with Crippen molar-refractivity contribution < 1.29 is 0 Å². The minimum absolute atomic E-state index is 0. The first kappa shape index (κ1) is 11.0. The molecule has 3 N–H and O–H groups in total. The fourth-order valence-electron chi connectivity index (χ4n) is 1.13. The van der Waals surface area contributed by atoms with Crippen molar-refractivity contribution in [3.05, 3.63) is 0 Å². The molecule has 4 heteroatoms. The number of nitrogens with one attached hydrogen (secondary N) is 1. The van der Waals surface area contributed by atoms with Gasteiger partial charge in [0.2, 0.25) is 0 Å². The van der Waals surface area contributed by atoms with Gasteiger partial charge in [0, 0.05) is 13.1 Å². The zero-order chi connectivity index (χ0) is 7.56. The van der Waals surface area contributed by atoms with Gasteiger partial charge in [0.05, 0.1) is 0 Å². The molecule has 0 bridgehead atoms. The second kappa shape index (κ2) is 4.79. The SMILES string of the molecule is CC[C@@H]1C[C@H]1NC(N)=NC.I. The van der Waals surface area contributed by atoms with E-state index in [0.717, 1.165) is 5.92 Å². The topological polar surface area (TPSA) is 50.4 Å². The molecule has 0 aromatic carbocycles. The van der Waals surface area contributed by atoms with Crippen LogP contribution in [0.25, 0.3) is 0 Å². The third kappa shape index (κ3) is 3.27. The van der Waals surface area contributed by atoms with Gasteiger partial charge in [0.15, 0.2) is 5.96 Å². The first-order valence-electron chi connectivity index (χ1n) is 3.76. The molecule has 0 spiro atoms. The molecule has 0 saturated heterocycles. The van der Waals surface area contributed by atoms with Crippen LogP contribution in [0.15, 0.2) is 4.99 Å². The number of hydrogen-bond acceptors (Lipinski definition) is 1. The lowest BCUT2D eigenvalue weighted by atomic mass is 10.3. The second-order valence-corrected chi connectivity index (χ2v) is 2.76. The molecular formula is C7H16IN3. The minimum atomic E-state index is 0. The average Bonchev–Trinajstić information content (AvgIpc) is 2.67. The Hall–Kier alpha value is 0. The smallest absolute Gasteiger partial charge is 0.188 e. The Labute approximate surface area is 84.9 Å². The number of nitrogens with zero attached hydrogens (tertiary/aromatic N) is 1. The summed E-state index contributed by atoms with van der Waals surface area (Å²) in [5.41, 5.74) is 5.47. The van der Waals surface area contributed by atoms with Crippen molar-refractivity contribution >= 4 is 29.9 Å². The number of hydrogen-bond donors (Lipinski definition) is 2. The summed E-state index contributed by atoms with van der Waals surface area (Å²) in [6.45, 7) is 2.20. The zero-order valence-corrected chi connectivity index (χ0v) is 9.33. The highest BCUT2D eigenvalue weighted by Crippen LogP contribution is 2.32. The fraction of sp³-hybridized carbons (Fsp3) is 0.857. The summed E-state index contributed by atoms with van der Waals surface area (Å²) in [5, 5.41) is 3.13. The maximum absolute atomic E-state index is 5.47. The van der Waals surface area contributed by atoms with Crippen molar-refractivity contribution in [2.45, 2.75) is 25.8 Å². The summed E-state index contributed by atoms with van der Waals surface area (Å²) in [4.78, 5) is 3.82. The lowest BCUT2D eigenvalue weighted by Gasteiger charge is -2.01. The van der Waals surface area contributed by atoms with Crippen LogP contribution in [0.5, 0.6) is 0 Å². The molecule has 0 aromatic rings. The standard InChI is InChI=1S/C7H15N3.HI/c1-3-5-4-6(5)10-7(8)9-2;/h5-6H,3-4H2,1-2H3,(H3,8,9,10);1H/t5-,6-;/m1./s1. The Balaban J connectivity index is 0.000001000. The normalized spacial score (nSPS) is 29.1. The molecule has 2 atom stereocenters. The van der Waals surface area contributed by atoms with Gasteiger partial charge in [0.1, 0.15) is 0 Å². The van der Waals surface area contributed by atoms with E-state index in [1.165, 1.54) is 12.8 Å². The molecule has 11 heavy (non-hydrogen) atoms. The van der Waals surface area contributed by atoms with Crippen LogP contribution >= 0.6 is 24.0 Å². The van der Waals surface area contributed by atoms with Crippen LogP contribution in [0, 0.1) is 5.92 Å². The molecule has 1 saturated carbocycles. The fourth-order valence-corrected chi connectivity index (χ4v) is 1.13. The number of aliphatic imine (C=N–C) groups is 1. The lowest BCUT2D eigenvalue weighted by Crippen LogP contribution is -2.33. The van der Waals surface area contributed by atoms with Gasteiger partial charge in [-0.05, 0) is 12.3 Å². The van der Waals surface area contributed by atoms with Crippen LogP contribution < -0.4 is 11.1 Å². The molecular weight excluding hydrogens is 253 g/mol. The van der Waals surface area contributed by atoms with Crippen molar-refractivity contribution in [2.75, 3.05) is 7.05 Å². The molecule has 0 heterocycles. The average molecular weight is 269 g/mol. The number of guanidine groups is 1. The molecule has 1 fully saturated rings. The highest BCUT2D eigenvalue weighted by molar-refractivity contribution is 14.0. The van der Waals surface area contributed by atoms with Crippen LogP contribution in [-0.4, -0.2) is 19.0 Å². The summed E-state index contributed by atoms with van der Waals surface area (Å²) in [6, 6.07) is 0.605. The largest absolute Gasteiger partial charge is 0.370 e. The van der Waals surface area contributed by atoms with E-state index in [2.05, 4.69) is 17.2 Å². The van der Waals surface area contributed by atoms with E-state index in [1.54, 1.807) is 7.05 Å². The van der Waals surface area contributed by atoms with Crippen molar-refractivity contribution in [3.8, 4) is 0 Å². The van der Waals surface area contributed by atoms with Crippen LogP contribution in [-0.2, 0) is 0 Å². The molecule has 1 aliphatic carbocycles.